The highest BCUT2D eigenvalue weighted by Crippen LogP contribution is 2.38. The van der Waals surface area contributed by atoms with E-state index in [-0.39, 0.29) is 0 Å². The molecule has 0 radical (unpaired) electrons. The van der Waals surface area contributed by atoms with Crippen LogP contribution in [-0.4, -0.2) is 25.1 Å². The molecule has 6 nitrogen and oxygen atoms in total. The zero-order valence-electron chi connectivity index (χ0n) is 15.7. The van der Waals surface area contributed by atoms with Crippen molar-refractivity contribution in [3.63, 3.8) is 0 Å². The maximum atomic E-state index is 8.36. The van der Waals surface area contributed by atoms with Crippen LogP contribution in [0.2, 0.25) is 10.0 Å². The lowest BCUT2D eigenvalue weighted by Gasteiger charge is -2.19. The quantitative estimate of drug-likeness (QED) is 0.271. The van der Waals surface area contributed by atoms with Crippen LogP contribution in [0.5, 0.6) is 0 Å². The Morgan fingerprint density at radius 1 is 1.21 bits per heavy atom. The lowest BCUT2D eigenvalue weighted by Crippen LogP contribution is -2.13. The molecule has 29 heavy (non-hydrogen) atoms. The van der Waals surface area contributed by atoms with Crippen molar-refractivity contribution < 1.29 is 10.3 Å². The van der Waals surface area contributed by atoms with Gasteiger partial charge in [0.05, 0.1) is 16.4 Å². The summed E-state index contributed by atoms with van der Waals surface area (Å²) in [5.41, 5.74) is 2.64. The Kier molecular flexibility index (Phi) is 9.31. The minimum atomic E-state index is -1.50. The van der Waals surface area contributed by atoms with E-state index in [1.807, 2.05) is 36.9 Å². The van der Waals surface area contributed by atoms with Gasteiger partial charge in [0, 0.05) is 29.1 Å². The van der Waals surface area contributed by atoms with Crippen LogP contribution in [0.1, 0.15) is 17.5 Å². The van der Waals surface area contributed by atoms with E-state index in [0.29, 0.717) is 15.3 Å². The van der Waals surface area contributed by atoms with Crippen molar-refractivity contribution in [2.24, 2.45) is 0 Å². The molecule has 0 saturated carbocycles. The lowest BCUT2D eigenvalue weighted by molar-refractivity contribution is -0.742. The third-order valence-electron chi connectivity index (χ3n) is 4.05. The summed E-state index contributed by atoms with van der Waals surface area (Å²) in [5.74, 6) is 0. The molecule has 1 atom stereocenters. The molecule has 0 fully saturated rings. The summed E-state index contributed by atoms with van der Waals surface area (Å²) in [4.78, 5) is 13.5. The van der Waals surface area contributed by atoms with Crippen molar-refractivity contribution in [1.82, 2.24) is 9.55 Å². The fraction of sp³-hybridized carbons (Fsp3) is 0.250. The minimum Gasteiger partial charge on any atom is -0.336 e. The number of halogens is 2. The maximum absolute atomic E-state index is 8.36. The van der Waals surface area contributed by atoms with E-state index in [0.717, 1.165) is 24.3 Å². The molecule has 0 aliphatic heterocycles. The molecular weight excluding hydrogens is 433 g/mol. The molecule has 0 bridgehead atoms. The zero-order valence-corrected chi connectivity index (χ0v) is 18.1. The molecule has 1 unspecified atom stereocenters. The number of nitrogens with zero attached hydrogens (tertiary/aromatic N) is 3. The first kappa shape index (κ1) is 23.1. The number of imidazole rings is 1. The van der Waals surface area contributed by atoms with Crippen molar-refractivity contribution in [2.45, 2.75) is 36.5 Å². The highest BCUT2D eigenvalue weighted by molar-refractivity contribution is 8.00. The molecule has 2 aromatic carbocycles. The molecular formula is C20H21Cl2N3O3S. The lowest BCUT2D eigenvalue weighted by atomic mass is 10.1. The Hall–Kier alpha value is -2.22. The number of thioether (sulfide) groups is 1. The van der Waals surface area contributed by atoms with Crippen LogP contribution in [0, 0.1) is 17.0 Å². The molecule has 9 heteroatoms. The van der Waals surface area contributed by atoms with Gasteiger partial charge in [-0.1, -0.05) is 59.1 Å². The molecule has 3 rings (SSSR count). The first-order valence-corrected chi connectivity index (χ1v) is 10.4. The van der Waals surface area contributed by atoms with E-state index in [1.54, 1.807) is 11.8 Å². The van der Waals surface area contributed by atoms with Gasteiger partial charge in [-0.2, -0.15) is 0 Å². The first-order valence-electron chi connectivity index (χ1n) is 8.80. The summed E-state index contributed by atoms with van der Waals surface area (Å²) in [6, 6.07) is 14.4. The number of hydrogen-bond donors (Lipinski definition) is 1. The standard InChI is InChI=1S/C20H20Cl2N2S.HNO3/c1-15-5-7-16(8-6-15)9-10-17(13-24-12-11-23-14-24)25-20-18(21)3-2-4-19(20)22;2-1(3)4/h2-8,11-12,14,17H,9-10,13H2,1H3;(H,2,3,4). The van der Waals surface area contributed by atoms with Gasteiger partial charge in [0.25, 0.3) is 5.09 Å². The summed E-state index contributed by atoms with van der Waals surface area (Å²) in [6.45, 7) is 2.99. The van der Waals surface area contributed by atoms with Gasteiger partial charge in [-0.05, 0) is 37.5 Å². The Morgan fingerprint density at radius 3 is 2.38 bits per heavy atom. The zero-order chi connectivity index (χ0) is 21.2. The SMILES string of the molecule is Cc1ccc(CCC(Cn2ccnc2)Sc2c(Cl)cccc2Cl)cc1.O=[N+]([O-])O. The molecule has 1 heterocycles. The fourth-order valence-electron chi connectivity index (χ4n) is 2.66. The molecule has 0 spiro atoms. The van der Waals surface area contributed by atoms with E-state index in [1.165, 1.54) is 11.1 Å². The van der Waals surface area contributed by atoms with Gasteiger partial charge in [-0.25, -0.2) is 4.98 Å². The number of rotatable bonds is 7. The van der Waals surface area contributed by atoms with E-state index in [2.05, 4.69) is 40.7 Å². The topological polar surface area (TPSA) is 81.2 Å². The average molecular weight is 454 g/mol. The van der Waals surface area contributed by atoms with Crippen LogP contribution in [0.3, 0.4) is 0 Å². The summed E-state index contributed by atoms with van der Waals surface area (Å²) in [7, 11) is 0. The number of aryl methyl sites for hydroxylation is 2. The highest BCUT2D eigenvalue weighted by atomic mass is 35.5. The van der Waals surface area contributed by atoms with Crippen molar-refractivity contribution in [2.75, 3.05) is 0 Å². The van der Waals surface area contributed by atoms with Gasteiger partial charge < -0.3 is 9.77 Å². The van der Waals surface area contributed by atoms with E-state index < -0.39 is 5.09 Å². The first-order chi connectivity index (χ1) is 13.8. The summed E-state index contributed by atoms with van der Waals surface area (Å²) in [6.07, 6.45) is 7.72. The largest absolute Gasteiger partial charge is 0.336 e. The number of hydrogen-bond acceptors (Lipinski definition) is 4. The van der Waals surface area contributed by atoms with Gasteiger partial charge in [0.1, 0.15) is 0 Å². The molecule has 0 aliphatic carbocycles. The van der Waals surface area contributed by atoms with E-state index >= 15 is 0 Å². The monoisotopic (exact) mass is 453 g/mol. The molecule has 1 N–H and O–H groups in total. The van der Waals surface area contributed by atoms with Crippen LogP contribution in [0.15, 0.2) is 66.1 Å². The van der Waals surface area contributed by atoms with Gasteiger partial charge >= 0.3 is 0 Å². The van der Waals surface area contributed by atoms with Gasteiger partial charge in [0.2, 0.25) is 0 Å². The predicted molar refractivity (Wildman–Crippen MR) is 117 cm³/mol. The molecule has 1 aromatic heterocycles. The van der Waals surface area contributed by atoms with Crippen LogP contribution >= 0.6 is 35.0 Å². The smallest absolute Gasteiger partial charge is 0.291 e. The summed E-state index contributed by atoms with van der Waals surface area (Å²) < 4.78 is 2.11. The number of benzene rings is 2. The fourth-order valence-corrected chi connectivity index (χ4v) is 4.50. The van der Waals surface area contributed by atoms with Crippen LogP contribution in [0.25, 0.3) is 0 Å². The minimum absolute atomic E-state index is 0.355. The van der Waals surface area contributed by atoms with Gasteiger partial charge in [-0.3, -0.25) is 0 Å². The molecule has 154 valence electrons. The Bertz CT molecular complexity index is 882. The van der Waals surface area contributed by atoms with Crippen LogP contribution in [-0.2, 0) is 13.0 Å². The van der Waals surface area contributed by atoms with E-state index in [9.17, 15) is 0 Å². The Balaban J connectivity index is 0.000000687. The molecule has 0 aliphatic rings. The van der Waals surface area contributed by atoms with Crippen molar-refractivity contribution >= 4 is 35.0 Å². The van der Waals surface area contributed by atoms with Crippen molar-refractivity contribution in [3.8, 4) is 0 Å². The second-order valence-electron chi connectivity index (χ2n) is 6.31. The van der Waals surface area contributed by atoms with E-state index in [4.69, 9.17) is 38.5 Å². The summed E-state index contributed by atoms with van der Waals surface area (Å²) in [5, 5.41) is 15.4. The third-order valence-corrected chi connectivity index (χ3v) is 6.30. The third kappa shape index (κ3) is 8.35. The van der Waals surface area contributed by atoms with Gasteiger partial charge in [-0.15, -0.1) is 21.9 Å². The van der Waals surface area contributed by atoms with Crippen molar-refractivity contribution in [3.05, 3.63) is 92.5 Å². The van der Waals surface area contributed by atoms with Crippen LogP contribution < -0.4 is 0 Å². The second-order valence-corrected chi connectivity index (χ2v) is 8.44. The average Bonchev–Trinajstić information content (AvgIpc) is 3.16. The van der Waals surface area contributed by atoms with Crippen LogP contribution in [0.4, 0.5) is 0 Å². The predicted octanol–water partition coefficient (Wildman–Crippen LogP) is 5.94. The van der Waals surface area contributed by atoms with Gasteiger partial charge in [0.15, 0.2) is 0 Å². The Morgan fingerprint density at radius 2 is 1.83 bits per heavy atom. The highest BCUT2D eigenvalue weighted by Gasteiger charge is 2.16. The summed E-state index contributed by atoms with van der Waals surface area (Å²) >= 11 is 14.5. The molecule has 0 saturated heterocycles. The molecule has 3 aromatic rings. The Labute approximate surface area is 183 Å². The molecule has 0 amide bonds. The second kappa shape index (κ2) is 11.7. The maximum Gasteiger partial charge on any atom is 0.291 e. The normalized spacial score (nSPS) is 11.4. The van der Waals surface area contributed by atoms with Crippen molar-refractivity contribution in [1.29, 1.82) is 0 Å². The number of aromatic nitrogens is 2.